The second kappa shape index (κ2) is 6.58. The average molecular weight is 310 g/mol. The monoisotopic (exact) mass is 310 g/mol. The normalized spacial score (nSPS) is 17.2. The van der Waals surface area contributed by atoms with E-state index in [1.165, 1.54) is 31.0 Å². The summed E-state index contributed by atoms with van der Waals surface area (Å²) < 4.78 is 22.6. The van der Waals surface area contributed by atoms with E-state index in [1.54, 1.807) is 6.92 Å². The SMILES string of the molecule is Cc1cc(S(N)(=O)=O)ccc1C(=O)NC1CCCCCC1. The summed E-state index contributed by atoms with van der Waals surface area (Å²) in [6.45, 7) is 1.72. The van der Waals surface area contributed by atoms with Gasteiger partial charge in [-0.3, -0.25) is 4.79 Å². The van der Waals surface area contributed by atoms with E-state index in [1.807, 2.05) is 0 Å². The predicted molar refractivity (Wildman–Crippen MR) is 81.5 cm³/mol. The molecule has 1 saturated carbocycles. The van der Waals surface area contributed by atoms with Gasteiger partial charge in [0.15, 0.2) is 0 Å². The molecule has 0 spiro atoms. The number of primary sulfonamides is 1. The van der Waals surface area contributed by atoms with Crippen LogP contribution in [-0.2, 0) is 10.0 Å². The highest BCUT2D eigenvalue weighted by atomic mass is 32.2. The molecule has 0 saturated heterocycles. The van der Waals surface area contributed by atoms with Gasteiger partial charge in [0, 0.05) is 11.6 Å². The zero-order valence-electron chi connectivity index (χ0n) is 12.3. The number of hydrogen-bond acceptors (Lipinski definition) is 3. The van der Waals surface area contributed by atoms with E-state index in [0.29, 0.717) is 11.1 Å². The molecule has 1 fully saturated rings. The molecule has 0 bridgehead atoms. The van der Waals surface area contributed by atoms with Crippen molar-refractivity contribution in [3.05, 3.63) is 29.3 Å². The molecule has 0 heterocycles. The number of nitrogens with one attached hydrogen (secondary N) is 1. The average Bonchev–Trinajstić information content (AvgIpc) is 2.66. The van der Waals surface area contributed by atoms with Crippen LogP contribution in [0, 0.1) is 6.92 Å². The molecule has 6 heteroatoms. The number of sulfonamides is 1. The summed E-state index contributed by atoms with van der Waals surface area (Å²) in [5.41, 5.74) is 1.12. The second-order valence-corrected chi connectivity index (χ2v) is 7.25. The Morgan fingerprint density at radius 3 is 2.33 bits per heavy atom. The van der Waals surface area contributed by atoms with Crippen LogP contribution in [0.25, 0.3) is 0 Å². The molecular weight excluding hydrogens is 288 g/mol. The number of carbonyl (C=O) groups excluding carboxylic acids is 1. The fourth-order valence-electron chi connectivity index (χ4n) is 2.75. The molecule has 21 heavy (non-hydrogen) atoms. The third kappa shape index (κ3) is 4.28. The minimum Gasteiger partial charge on any atom is -0.349 e. The Hall–Kier alpha value is -1.40. The Kier molecular flexibility index (Phi) is 5.00. The highest BCUT2D eigenvalue weighted by Crippen LogP contribution is 2.19. The Morgan fingerprint density at radius 2 is 1.81 bits per heavy atom. The molecule has 0 aliphatic heterocycles. The minimum atomic E-state index is -3.73. The number of benzene rings is 1. The quantitative estimate of drug-likeness (QED) is 0.838. The molecule has 5 nitrogen and oxygen atoms in total. The summed E-state index contributed by atoms with van der Waals surface area (Å²) in [6.07, 6.45) is 6.78. The summed E-state index contributed by atoms with van der Waals surface area (Å²) in [4.78, 5) is 12.3. The summed E-state index contributed by atoms with van der Waals surface area (Å²) in [6, 6.07) is 4.57. The van der Waals surface area contributed by atoms with E-state index in [-0.39, 0.29) is 16.8 Å². The van der Waals surface area contributed by atoms with Gasteiger partial charge in [-0.1, -0.05) is 25.7 Å². The van der Waals surface area contributed by atoms with Crippen molar-refractivity contribution < 1.29 is 13.2 Å². The van der Waals surface area contributed by atoms with Gasteiger partial charge >= 0.3 is 0 Å². The van der Waals surface area contributed by atoms with Crippen LogP contribution in [0.15, 0.2) is 23.1 Å². The van der Waals surface area contributed by atoms with Crippen LogP contribution in [0.4, 0.5) is 0 Å². The van der Waals surface area contributed by atoms with Crippen LogP contribution in [-0.4, -0.2) is 20.4 Å². The minimum absolute atomic E-state index is 0.0333. The van der Waals surface area contributed by atoms with Gasteiger partial charge in [0.1, 0.15) is 0 Å². The number of carbonyl (C=O) groups is 1. The Bertz CT molecular complexity index is 618. The summed E-state index contributed by atoms with van der Waals surface area (Å²) in [7, 11) is -3.73. The first-order chi connectivity index (χ1) is 9.88. The number of nitrogens with two attached hydrogens (primary N) is 1. The van der Waals surface area contributed by atoms with Gasteiger partial charge in [-0.25, -0.2) is 13.6 Å². The highest BCUT2D eigenvalue weighted by Gasteiger charge is 2.18. The van der Waals surface area contributed by atoms with Crippen molar-refractivity contribution in [1.29, 1.82) is 0 Å². The molecule has 2 rings (SSSR count). The molecule has 0 radical (unpaired) electrons. The summed E-state index contributed by atoms with van der Waals surface area (Å²) >= 11 is 0. The van der Waals surface area contributed by atoms with Crippen molar-refractivity contribution in [1.82, 2.24) is 5.32 Å². The zero-order chi connectivity index (χ0) is 15.5. The Balaban J connectivity index is 2.12. The number of aryl methyl sites for hydroxylation is 1. The largest absolute Gasteiger partial charge is 0.349 e. The van der Waals surface area contributed by atoms with Crippen LogP contribution in [0.5, 0.6) is 0 Å². The lowest BCUT2D eigenvalue weighted by Gasteiger charge is -2.17. The first-order valence-electron chi connectivity index (χ1n) is 7.32. The molecule has 0 atom stereocenters. The Labute approximate surface area is 126 Å². The molecule has 1 aliphatic rings. The lowest BCUT2D eigenvalue weighted by atomic mass is 10.1. The van der Waals surface area contributed by atoms with E-state index < -0.39 is 10.0 Å². The van der Waals surface area contributed by atoms with Gasteiger partial charge in [0.2, 0.25) is 10.0 Å². The first kappa shape index (κ1) is 16.0. The van der Waals surface area contributed by atoms with Crippen molar-refractivity contribution in [3.63, 3.8) is 0 Å². The van der Waals surface area contributed by atoms with Crippen LogP contribution in [0.1, 0.15) is 54.4 Å². The number of rotatable bonds is 3. The molecule has 1 aromatic carbocycles. The maximum absolute atomic E-state index is 12.3. The smallest absolute Gasteiger partial charge is 0.251 e. The summed E-state index contributed by atoms with van der Waals surface area (Å²) in [5.74, 6) is -0.139. The van der Waals surface area contributed by atoms with Crippen LogP contribution < -0.4 is 10.5 Å². The first-order valence-corrected chi connectivity index (χ1v) is 8.87. The number of hydrogen-bond donors (Lipinski definition) is 2. The lowest BCUT2D eigenvalue weighted by molar-refractivity contribution is 0.0932. The molecule has 3 N–H and O–H groups in total. The second-order valence-electron chi connectivity index (χ2n) is 5.68. The number of amides is 1. The molecule has 0 unspecified atom stereocenters. The van der Waals surface area contributed by atoms with Crippen molar-refractivity contribution in [3.8, 4) is 0 Å². The zero-order valence-corrected chi connectivity index (χ0v) is 13.1. The standard InChI is InChI=1S/C15H22N2O3S/c1-11-10-13(21(16,19)20)8-9-14(11)15(18)17-12-6-4-2-3-5-7-12/h8-10,12H,2-7H2,1H3,(H,17,18)(H2,16,19,20). The van der Waals surface area contributed by atoms with Crippen molar-refractivity contribution in [2.75, 3.05) is 0 Å². The van der Waals surface area contributed by atoms with Crippen molar-refractivity contribution >= 4 is 15.9 Å². The highest BCUT2D eigenvalue weighted by molar-refractivity contribution is 7.89. The fraction of sp³-hybridized carbons (Fsp3) is 0.533. The predicted octanol–water partition coefficient (Wildman–Crippen LogP) is 2.10. The molecule has 116 valence electrons. The van der Waals surface area contributed by atoms with Gasteiger partial charge in [0.05, 0.1) is 4.90 Å². The molecule has 1 amide bonds. The van der Waals surface area contributed by atoms with Crippen LogP contribution in [0.2, 0.25) is 0 Å². The topological polar surface area (TPSA) is 89.3 Å². The molecule has 1 aromatic rings. The van der Waals surface area contributed by atoms with Gasteiger partial charge in [-0.2, -0.15) is 0 Å². The van der Waals surface area contributed by atoms with Crippen molar-refractivity contribution in [2.24, 2.45) is 5.14 Å². The van der Waals surface area contributed by atoms with Gasteiger partial charge in [0.25, 0.3) is 5.91 Å². The third-order valence-corrected chi connectivity index (χ3v) is 4.87. The van der Waals surface area contributed by atoms with Gasteiger partial charge in [-0.15, -0.1) is 0 Å². The van der Waals surface area contributed by atoms with E-state index in [2.05, 4.69) is 5.32 Å². The van der Waals surface area contributed by atoms with Crippen LogP contribution in [0.3, 0.4) is 0 Å². The van der Waals surface area contributed by atoms with Gasteiger partial charge < -0.3 is 5.32 Å². The van der Waals surface area contributed by atoms with E-state index >= 15 is 0 Å². The lowest BCUT2D eigenvalue weighted by Crippen LogP contribution is -2.34. The van der Waals surface area contributed by atoms with E-state index in [9.17, 15) is 13.2 Å². The van der Waals surface area contributed by atoms with E-state index in [0.717, 1.165) is 25.7 Å². The maximum Gasteiger partial charge on any atom is 0.251 e. The fourth-order valence-corrected chi connectivity index (χ4v) is 3.35. The third-order valence-electron chi connectivity index (χ3n) is 3.96. The Morgan fingerprint density at radius 1 is 1.19 bits per heavy atom. The maximum atomic E-state index is 12.3. The molecule has 1 aliphatic carbocycles. The molecule has 0 aromatic heterocycles. The molecular formula is C15H22N2O3S. The van der Waals surface area contributed by atoms with Crippen molar-refractivity contribution in [2.45, 2.75) is 56.4 Å². The van der Waals surface area contributed by atoms with E-state index in [4.69, 9.17) is 5.14 Å². The van der Waals surface area contributed by atoms with Crippen LogP contribution >= 0.6 is 0 Å². The van der Waals surface area contributed by atoms with Gasteiger partial charge in [-0.05, 0) is 43.5 Å². The summed E-state index contributed by atoms with van der Waals surface area (Å²) in [5, 5.41) is 8.14.